The van der Waals surface area contributed by atoms with Crippen LogP contribution in [0.2, 0.25) is 0 Å². The van der Waals surface area contributed by atoms with Crippen molar-refractivity contribution in [1.29, 1.82) is 0 Å². The van der Waals surface area contributed by atoms with Crippen molar-refractivity contribution in [3.8, 4) is 5.75 Å². The number of nitrogens with one attached hydrogen (secondary N) is 1. The van der Waals surface area contributed by atoms with Gasteiger partial charge in [-0.05, 0) is 55.9 Å². The third-order valence-electron chi connectivity index (χ3n) is 4.14. The van der Waals surface area contributed by atoms with Gasteiger partial charge in [-0.25, -0.2) is 0 Å². The van der Waals surface area contributed by atoms with Gasteiger partial charge in [0.15, 0.2) is 0 Å². The Bertz CT molecular complexity index is 396. The van der Waals surface area contributed by atoms with E-state index in [1.165, 1.54) is 43.4 Å². The molecule has 2 heteroatoms. The summed E-state index contributed by atoms with van der Waals surface area (Å²) in [6.07, 6.45) is 6.83. The molecular formula is C15H21NO. The van der Waals surface area contributed by atoms with E-state index in [0.717, 1.165) is 18.3 Å². The lowest BCUT2D eigenvalue weighted by Gasteiger charge is -2.18. The van der Waals surface area contributed by atoms with Crippen molar-refractivity contribution in [2.24, 2.45) is 5.92 Å². The second-order valence-corrected chi connectivity index (χ2v) is 5.25. The van der Waals surface area contributed by atoms with Gasteiger partial charge in [0, 0.05) is 11.7 Å². The molecule has 1 N–H and O–H groups in total. The summed E-state index contributed by atoms with van der Waals surface area (Å²) < 4.78 is 5.56. The van der Waals surface area contributed by atoms with Gasteiger partial charge in [0.2, 0.25) is 0 Å². The van der Waals surface area contributed by atoms with Crippen LogP contribution in [0.5, 0.6) is 5.75 Å². The molecule has 0 amide bonds. The number of anilines is 1. The maximum absolute atomic E-state index is 5.56. The summed E-state index contributed by atoms with van der Waals surface area (Å²) in [6.45, 7) is 2.78. The smallest absolute Gasteiger partial charge is 0.119 e. The van der Waals surface area contributed by atoms with Crippen molar-refractivity contribution < 1.29 is 4.74 Å². The number of rotatable bonds is 3. The molecule has 17 heavy (non-hydrogen) atoms. The van der Waals surface area contributed by atoms with E-state index in [2.05, 4.69) is 23.5 Å². The highest BCUT2D eigenvalue weighted by Gasteiger charge is 2.30. The largest absolute Gasteiger partial charge is 0.494 e. The van der Waals surface area contributed by atoms with Crippen LogP contribution in [-0.4, -0.2) is 12.6 Å². The van der Waals surface area contributed by atoms with E-state index in [1.54, 1.807) is 0 Å². The van der Waals surface area contributed by atoms with Gasteiger partial charge in [-0.3, -0.25) is 0 Å². The molecule has 0 aromatic heterocycles. The summed E-state index contributed by atoms with van der Waals surface area (Å²) >= 11 is 0. The van der Waals surface area contributed by atoms with Crippen LogP contribution in [0, 0.1) is 5.92 Å². The normalized spacial score (nSPS) is 23.5. The molecule has 0 radical (unpaired) electrons. The van der Waals surface area contributed by atoms with Gasteiger partial charge in [-0.1, -0.05) is 12.8 Å². The fourth-order valence-electron chi connectivity index (χ4n) is 3.27. The Labute approximate surface area is 103 Å². The standard InChI is InChI=1S/C15H21NO/c1-2-17-13-7-8-14-12(9-13)10-15(16-14)11-5-3-4-6-11/h7-9,11,15-16H,2-6,10H2,1H3. The molecule has 2 aliphatic rings. The van der Waals surface area contributed by atoms with E-state index < -0.39 is 0 Å². The van der Waals surface area contributed by atoms with Gasteiger partial charge in [-0.2, -0.15) is 0 Å². The van der Waals surface area contributed by atoms with Crippen LogP contribution in [-0.2, 0) is 6.42 Å². The van der Waals surface area contributed by atoms with E-state index in [4.69, 9.17) is 4.74 Å². The lowest BCUT2D eigenvalue weighted by atomic mass is 9.95. The highest BCUT2D eigenvalue weighted by atomic mass is 16.5. The van der Waals surface area contributed by atoms with Crippen molar-refractivity contribution in [3.05, 3.63) is 23.8 Å². The molecule has 1 aliphatic carbocycles. The molecule has 1 atom stereocenters. The second kappa shape index (κ2) is 4.59. The van der Waals surface area contributed by atoms with Gasteiger partial charge in [0.25, 0.3) is 0 Å². The minimum Gasteiger partial charge on any atom is -0.494 e. The summed E-state index contributed by atoms with van der Waals surface area (Å²) in [5.41, 5.74) is 2.76. The second-order valence-electron chi connectivity index (χ2n) is 5.25. The van der Waals surface area contributed by atoms with Crippen molar-refractivity contribution in [1.82, 2.24) is 0 Å². The number of benzene rings is 1. The first-order chi connectivity index (χ1) is 8.36. The van der Waals surface area contributed by atoms with E-state index in [-0.39, 0.29) is 0 Å². The van der Waals surface area contributed by atoms with Crippen LogP contribution in [0.1, 0.15) is 38.2 Å². The lowest BCUT2D eigenvalue weighted by molar-refractivity contribution is 0.340. The summed E-state index contributed by atoms with van der Waals surface area (Å²) in [4.78, 5) is 0. The maximum Gasteiger partial charge on any atom is 0.119 e. The van der Waals surface area contributed by atoms with Crippen LogP contribution < -0.4 is 10.1 Å². The lowest BCUT2D eigenvalue weighted by Crippen LogP contribution is -2.24. The SMILES string of the molecule is CCOc1ccc2c(c1)CC(C1CCCC1)N2. The minimum atomic E-state index is 0.671. The molecule has 92 valence electrons. The predicted octanol–water partition coefficient (Wildman–Crippen LogP) is 3.61. The third kappa shape index (κ3) is 2.13. The average Bonchev–Trinajstić information content (AvgIpc) is 2.97. The Balaban J connectivity index is 1.73. The topological polar surface area (TPSA) is 21.3 Å². The van der Waals surface area contributed by atoms with Crippen LogP contribution in [0.4, 0.5) is 5.69 Å². The zero-order chi connectivity index (χ0) is 11.7. The zero-order valence-corrected chi connectivity index (χ0v) is 10.5. The van der Waals surface area contributed by atoms with Gasteiger partial charge >= 0.3 is 0 Å². The first-order valence-electron chi connectivity index (χ1n) is 6.89. The maximum atomic E-state index is 5.56. The first-order valence-corrected chi connectivity index (χ1v) is 6.89. The molecule has 1 heterocycles. The molecule has 1 saturated carbocycles. The number of hydrogen-bond acceptors (Lipinski definition) is 2. The van der Waals surface area contributed by atoms with E-state index in [9.17, 15) is 0 Å². The molecular weight excluding hydrogens is 210 g/mol. The molecule has 0 spiro atoms. The molecule has 1 aliphatic heterocycles. The van der Waals surface area contributed by atoms with E-state index in [0.29, 0.717) is 6.04 Å². The third-order valence-corrected chi connectivity index (χ3v) is 4.14. The number of ether oxygens (including phenoxy) is 1. The number of hydrogen-bond donors (Lipinski definition) is 1. The van der Waals surface area contributed by atoms with E-state index in [1.807, 2.05) is 6.92 Å². The van der Waals surface area contributed by atoms with Gasteiger partial charge < -0.3 is 10.1 Å². The molecule has 3 rings (SSSR count). The molecule has 0 saturated heterocycles. The average molecular weight is 231 g/mol. The van der Waals surface area contributed by atoms with Crippen LogP contribution in [0.3, 0.4) is 0 Å². The predicted molar refractivity (Wildman–Crippen MR) is 70.7 cm³/mol. The Hall–Kier alpha value is -1.18. The Kier molecular flexibility index (Phi) is 2.96. The highest BCUT2D eigenvalue weighted by molar-refractivity contribution is 5.59. The van der Waals surface area contributed by atoms with Gasteiger partial charge in [0.05, 0.1) is 6.61 Å². The van der Waals surface area contributed by atoms with Crippen molar-refractivity contribution in [3.63, 3.8) is 0 Å². The fraction of sp³-hybridized carbons (Fsp3) is 0.600. The van der Waals surface area contributed by atoms with Crippen molar-refractivity contribution >= 4 is 5.69 Å². The minimum absolute atomic E-state index is 0.671. The molecule has 2 nitrogen and oxygen atoms in total. The first kappa shape index (κ1) is 10.9. The summed E-state index contributed by atoms with van der Waals surface area (Å²) in [5.74, 6) is 1.90. The quantitative estimate of drug-likeness (QED) is 0.858. The van der Waals surface area contributed by atoms with Gasteiger partial charge in [0.1, 0.15) is 5.75 Å². The molecule has 1 fully saturated rings. The van der Waals surface area contributed by atoms with Crippen LogP contribution in [0.25, 0.3) is 0 Å². The highest BCUT2D eigenvalue weighted by Crippen LogP contribution is 2.37. The summed E-state index contributed by atoms with van der Waals surface area (Å²) in [7, 11) is 0. The number of fused-ring (bicyclic) bond motifs is 1. The molecule has 1 aromatic rings. The molecule has 0 bridgehead atoms. The summed E-state index contributed by atoms with van der Waals surface area (Å²) in [6, 6.07) is 7.13. The summed E-state index contributed by atoms with van der Waals surface area (Å²) in [5, 5.41) is 3.69. The fourth-order valence-corrected chi connectivity index (χ4v) is 3.27. The monoisotopic (exact) mass is 231 g/mol. The molecule has 1 aromatic carbocycles. The van der Waals surface area contributed by atoms with Crippen molar-refractivity contribution in [2.75, 3.05) is 11.9 Å². The van der Waals surface area contributed by atoms with E-state index >= 15 is 0 Å². The zero-order valence-electron chi connectivity index (χ0n) is 10.5. The Morgan fingerprint density at radius 3 is 2.88 bits per heavy atom. The van der Waals surface area contributed by atoms with Gasteiger partial charge in [-0.15, -0.1) is 0 Å². The Morgan fingerprint density at radius 1 is 1.29 bits per heavy atom. The van der Waals surface area contributed by atoms with Crippen LogP contribution in [0.15, 0.2) is 18.2 Å². The van der Waals surface area contributed by atoms with Crippen LogP contribution >= 0.6 is 0 Å². The van der Waals surface area contributed by atoms with Crippen molar-refractivity contribution in [2.45, 2.75) is 45.1 Å². The Morgan fingerprint density at radius 2 is 2.12 bits per heavy atom. The molecule has 1 unspecified atom stereocenters.